The van der Waals surface area contributed by atoms with E-state index < -0.39 is 0 Å². The van der Waals surface area contributed by atoms with Crippen LogP contribution in [0.5, 0.6) is 0 Å². The second-order valence-electron chi connectivity index (χ2n) is 0.953. The summed E-state index contributed by atoms with van der Waals surface area (Å²) in [5.74, 6) is 0.167. The molecule has 4 heteroatoms. The van der Waals surface area contributed by atoms with Gasteiger partial charge in [-0.05, 0) is 13.8 Å². The molecule has 1 nitrogen and oxygen atoms in total. The van der Waals surface area contributed by atoms with E-state index in [0.29, 0.717) is 0 Å². The molecule has 0 aromatic carbocycles. The molecule has 7 heavy (non-hydrogen) atoms. The van der Waals surface area contributed by atoms with Gasteiger partial charge in [-0.1, -0.05) is 0 Å². The molecule has 0 amide bonds. The van der Waals surface area contributed by atoms with Crippen LogP contribution in [0.3, 0.4) is 0 Å². The van der Waals surface area contributed by atoms with Crippen molar-refractivity contribution in [1.29, 1.82) is 0 Å². The summed E-state index contributed by atoms with van der Waals surface area (Å²) in [4.78, 5) is 9.44. The van der Waals surface area contributed by atoms with Gasteiger partial charge in [-0.3, -0.25) is 0 Å². The Morgan fingerprint density at radius 1 is 1.43 bits per heavy atom. The molecule has 0 saturated heterocycles. The van der Waals surface area contributed by atoms with Gasteiger partial charge in [-0.15, -0.1) is 0 Å². The van der Waals surface area contributed by atoms with E-state index in [4.69, 9.17) is 19.1 Å². The summed E-state index contributed by atoms with van der Waals surface area (Å²) in [6.07, 6.45) is 0. The van der Waals surface area contributed by atoms with E-state index in [1.54, 1.807) is 0 Å². The minimum absolute atomic E-state index is 0.106. The monoisotopic (exact) mass is 234 g/mol. The normalized spacial score (nSPS) is 6.86. The fourth-order valence-electron chi connectivity index (χ4n) is 0. The zero-order valence-corrected chi connectivity index (χ0v) is 7.05. The van der Waals surface area contributed by atoms with E-state index in [2.05, 4.69) is 0 Å². The molecule has 0 radical (unpaired) electrons. The molecule has 0 spiro atoms. The van der Waals surface area contributed by atoms with Crippen molar-refractivity contribution in [2.24, 2.45) is 0 Å². The SMILES string of the molecule is CC(C)=O.[Cl][Pd][Cl]. The van der Waals surface area contributed by atoms with Crippen LogP contribution in [0.25, 0.3) is 0 Å². The standard InChI is InChI=1S/C3H6O.2ClH.Pd/c1-3(2)4;;;/h1-2H3;2*1H;/q;;;+2/p-2. The molecule has 0 aliphatic heterocycles. The van der Waals surface area contributed by atoms with E-state index >= 15 is 0 Å². The zero-order chi connectivity index (χ0) is 6.28. The first-order chi connectivity index (χ1) is 3.15. The Morgan fingerprint density at radius 2 is 1.43 bits per heavy atom. The van der Waals surface area contributed by atoms with E-state index in [0.717, 1.165) is 0 Å². The number of carbonyl (C=O) groups excluding carboxylic acids is 1. The van der Waals surface area contributed by atoms with Gasteiger partial charge in [0.05, 0.1) is 0 Å². The number of carbonyl (C=O) groups is 1. The summed E-state index contributed by atoms with van der Waals surface area (Å²) < 4.78 is 0. The van der Waals surface area contributed by atoms with Gasteiger partial charge < -0.3 is 4.79 Å². The number of ketones is 1. The van der Waals surface area contributed by atoms with Gasteiger partial charge in [0.2, 0.25) is 0 Å². The Balaban J connectivity index is 0. The van der Waals surface area contributed by atoms with Crippen LogP contribution in [0, 0.1) is 0 Å². The Morgan fingerprint density at radius 3 is 1.43 bits per heavy atom. The van der Waals surface area contributed by atoms with Crippen LogP contribution in [0.15, 0.2) is 0 Å². The third-order valence-electron chi connectivity index (χ3n) is 0. The van der Waals surface area contributed by atoms with Crippen LogP contribution in [0.1, 0.15) is 13.8 Å². The fourth-order valence-corrected chi connectivity index (χ4v) is 0. The molecule has 0 N–H and O–H groups in total. The topological polar surface area (TPSA) is 17.1 Å². The molecule has 48 valence electrons. The van der Waals surface area contributed by atoms with Crippen molar-refractivity contribution in [2.45, 2.75) is 13.8 Å². The summed E-state index contributed by atoms with van der Waals surface area (Å²) in [6.45, 7) is 3.06. The summed E-state index contributed by atoms with van der Waals surface area (Å²) in [7, 11) is 9.63. The molecule has 0 unspecified atom stereocenters. The molecule has 0 heterocycles. The molecule has 0 aliphatic carbocycles. The average molecular weight is 235 g/mol. The van der Waals surface area contributed by atoms with Crippen molar-refractivity contribution in [1.82, 2.24) is 0 Å². The van der Waals surface area contributed by atoms with Gasteiger partial charge in [-0.25, -0.2) is 0 Å². The van der Waals surface area contributed by atoms with Crippen molar-refractivity contribution in [3.8, 4) is 0 Å². The Hall–Kier alpha value is 0.912. The van der Waals surface area contributed by atoms with Crippen LogP contribution >= 0.6 is 19.1 Å². The second-order valence-corrected chi connectivity index (χ2v) is 3.31. The van der Waals surface area contributed by atoms with Gasteiger partial charge in [0, 0.05) is 0 Å². The van der Waals surface area contributed by atoms with Gasteiger partial charge in [0.25, 0.3) is 0 Å². The molecule has 0 saturated carbocycles. The number of rotatable bonds is 0. The van der Waals surface area contributed by atoms with Crippen LogP contribution in [0.2, 0.25) is 0 Å². The van der Waals surface area contributed by atoms with Crippen LogP contribution in [-0.2, 0) is 20.7 Å². The maximum absolute atomic E-state index is 9.44. The van der Waals surface area contributed by atoms with Gasteiger partial charge >= 0.3 is 35.0 Å². The van der Waals surface area contributed by atoms with E-state index in [9.17, 15) is 4.79 Å². The molecule has 0 aromatic rings. The summed E-state index contributed by atoms with van der Waals surface area (Å²) in [6, 6.07) is 0. The molecule has 0 aromatic heterocycles. The molecule has 0 rings (SSSR count). The van der Waals surface area contributed by atoms with Crippen molar-refractivity contribution in [3.05, 3.63) is 0 Å². The summed E-state index contributed by atoms with van der Waals surface area (Å²) in [5, 5.41) is 0. The second kappa shape index (κ2) is 10.0. The summed E-state index contributed by atoms with van der Waals surface area (Å²) >= 11 is -0.106. The van der Waals surface area contributed by atoms with Gasteiger partial charge in [-0.2, -0.15) is 0 Å². The van der Waals surface area contributed by atoms with E-state index in [-0.39, 0.29) is 21.7 Å². The molecule has 0 aliphatic rings. The third-order valence-corrected chi connectivity index (χ3v) is 0. The minimum atomic E-state index is -0.106. The summed E-state index contributed by atoms with van der Waals surface area (Å²) in [5.41, 5.74) is 0. The zero-order valence-electron chi connectivity index (χ0n) is 3.98. The van der Waals surface area contributed by atoms with Crippen molar-refractivity contribution >= 4 is 24.8 Å². The Labute approximate surface area is 59.5 Å². The van der Waals surface area contributed by atoms with Crippen LogP contribution in [-0.4, -0.2) is 5.78 Å². The Kier molecular flexibility index (Phi) is 15.5. The Bertz CT molecular complexity index is 44.2. The quantitative estimate of drug-likeness (QED) is 0.587. The maximum atomic E-state index is 9.44. The number of hydrogen-bond acceptors (Lipinski definition) is 1. The molecular formula is C3H6Cl2OPd. The van der Waals surface area contributed by atoms with Crippen molar-refractivity contribution in [2.75, 3.05) is 0 Å². The van der Waals surface area contributed by atoms with Gasteiger partial charge in [0.15, 0.2) is 0 Å². The third kappa shape index (κ3) is 200. The van der Waals surface area contributed by atoms with Crippen molar-refractivity contribution < 1.29 is 20.7 Å². The molecular weight excluding hydrogens is 229 g/mol. The van der Waals surface area contributed by atoms with Crippen LogP contribution < -0.4 is 0 Å². The van der Waals surface area contributed by atoms with Gasteiger partial charge in [0.1, 0.15) is 5.78 Å². The molecule has 0 fully saturated rings. The molecule has 0 atom stereocenters. The first-order valence-corrected chi connectivity index (χ1v) is 5.45. The van der Waals surface area contributed by atoms with Crippen molar-refractivity contribution in [3.63, 3.8) is 0 Å². The number of Topliss-reactive ketones (excluding diaryl/α,β-unsaturated/α-hetero) is 1. The predicted octanol–water partition coefficient (Wildman–Crippen LogP) is 1.97. The number of halogens is 2. The van der Waals surface area contributed by atoms with E-state index in [1.807, 2.05) is 0 Å². The average Bonchev–Trinajstić information content (AvgIpc) is 1.33. The van der Waals surface area contributed by atoms with Crippen LogP contribution in [0.4, 0.5) is 0 Å². The first kappa shape index (κ1) is 10.8. The van der Waals surface area contributed by atoms with E-state index in [1.165, 1.54) is 13.8 Å². The fraction of sp³-hybridized carbons (Fsp3) is 0.667. The number of hydrogen-bond donors (Lipinski definition) is 0. The molecule has 0 bridgehead atoms. The first-order valence-electron chi connectivity index (χ1n) is 1.44. The predicted molar refractivity (Wildman–Crippen MR) is 28.1 cm³/mol.